The minimum absolute atomic E-state index is 0.165. The lowest BCUT2D eigenvalue weighted by molar-refractivity contribution is -0.116. The number of nitrogens with zero attached hydrogens (tertiary/aromatic N) is 2. The number of morpholine rings is 1. The third kappa shape index (κ3) is 4.24. The Hall–Kier alpha value is -3.42. The highest BCUT2D eigenvalue weighted by Gasteiger charge is 2.32. The number of hydrogen-bond acceptors (Lipinski definition) is 5. The van der Waals surface area contributed by atoms with Crippen molar-refractivity contribution in [1.82, 2.24) is 4.90 Å². The van der Waals surface area contributed by atoms with Crippen molar-refractivity contribution in [3.05, 3.63) is 70.7 Å². The van der Waals surface area contributed by atoms with Crippen molar-refractivity contribution in [2.45, 2.75) is 12.8 Å². The number of nitrogens with one attached hydrogen (secondary N) is 1. The summed E-state index contributed by atoms with van der Waals surface area (Å²) in [7, 11) is 0. The van der Waals surface area contributed by atoms with Crippen molar-refractivity contribution in [1.29, 1.82) is 0 Å². The van der Waals surface area contributed by atoms with Crippen LogP contribution in [-0.2, 0) is 9.53 Å². The third-order valence-electron chi connectivity index (χ3n) is 6.23. The molecule has 0 spiro atoms. The Morgan fingerprint density at radius 1 is 0.971 bits per heavy atom. The van der Waals surface area contributed by atoms with Gasteiger partial charge in [0.2, 0.25) is 5.91 Å². The third-order valence-corrected chi connectivity index (χ3v) is 6.46. The first-order valence-electron chi connectivity index (χ1n) is 11.3. The van der Waals surface area contributed by atoms with Crippen LogP contribution in [0.25, 0.3) is 10.8 Å². The van der Waals surface area contributed by atoms with Gasteiger partial charge >= 0.3 is 0 Å². The molecule has 5 rings (SSSR count). The van der Waals surface area contributed by atoms with Gasteiger partial charge in [-0.15, -0.1) is 0 Å². The highest BCUT2D eigenvalue weighted by atomic mass is 35.5. The second-order valence-electron chi connectivity index (χ2n) is 8.38. The van der Waals surface area contributed by atoms with Gasteiger partial charge in [-0.05, 0) is 42.1 Å². The zero-order valence-corrected chi connectivity index (χ0v) is 19.3. The SMILES string of the molecule is O=C(CCCN1C(=O)c2cccc3cccc(c23)C1=O)Nc1cc(Cl)ccc1N1CCOCC1. The molecule has 0 aromatic heterocycles. The van der Waals surface area contributed by atoms with Gasteiger partial charge < -0.3 is 15.0 Å². The summed E-state index contributed by atoms with van der Waals surface area (Å²) in [6.07, 6.45) is 0.521. The number of imide groups is 1. The minimum atomic E-state index is -0.320. The molecule has 0 bridgehead atoms. The summed E-state index contributed by atoms with van der Waals surface area (Å²) >= 11 is 6.18. The number of rotatable bonds is 6. The fraction of sp³-hybridized carbons (Fsp3) is 0.269. The number of anilines is 2. The number of carbonyl (C=O) groups excluding carboxylic acids is 3. The molecule has 2 aliphatic rings. The molecule has 0 unspecified atom stereocenters. The van der Waals surface area contributed by atoms with Crippen LogP contribution in [0.3, 0.4) is 0 Å². The summed E-state index contributed by atoms with van der Waals surface area (Å²) < 4.78 is 5.42. The Bertz CT molecular complexity index is 1240. The predicted octanol–water partition coefficient (Wildman–Crippen LogP) is 4.34. The molecule has 174 valence electrons. The van der Waals surface area contributed by atoms with E-state index in [-0.39, 0.29) is 30.7 Å². The van der Waals surface area contributed by atoms with E-state index in [0.29, 0.717) is 46.9 Å². The van der Waals surface area contributed by atoms with E-state index >= 15 is 0 Å². The summed E-state index contributed by atoms with van der Waals surface area (Å²) in [6.45, 7) is 2.90. The van der Waals surface area contributed by atoms with Crippen LogP contribution < -0.4 is 10.2 Å². The molecule has 0 atom stereocenters. The van der Waals surface area contributed by atoms with Crippen molar-refractivity contribution in [3.63, 3.8) is 0 Å². The highest BCUT2D eigenvalue weighted by molar-refractivity contribution is 6.31. The summed E-state index contributed by atoms with van der Waals surface area (Å²) in [5.41, 5.74) is 2.58. The monoisotopic (exact) mass is 477 g/mol. The van der Waals surface area contributed by atoms with Gasteiger partial charge in [0, 0.05) is 47.6 Å². The highest BCUT2D eigenvalue weighted by Crippen LogP contribution is 2.31. The van der Waals surface area contributed by atoms with Gasteiger partial charge in [0.15, 0.2) is 0 Å². The molecule has 0 saturated carbocycles. The minimum Gasteiger partial charge on any atom is -0.378 e. The van der Waals surface area contributed by atoms with Crippen LogP contribution in [0.5, 0.6) is 0 Å². The molecule has 1 fully saturated rings. The maximum Gasteiger partial charge on any atom is 0.261 e. The number of ether oxygens (including phenoxy) is 1. The standard InChI is InChI=1S/C26H24ClN3O4/c27-18-9-10-22(29-12-14-34-15-13-29)21(16-18)28-23(31)8-3-11-30-25(32)19-6-1-4-17-5-2-7-20(24(17)19)26(30)33/h1-2,4-7,9-10,16H,3,8,11-15H2,(H,28,31). The topological polar surface area (TPSA) is 79.0 Å². The first-order chi connectivity index (χ1) is 16.5. The van der Waals surface area contributed by atoms with Crippen LogP contribution in [0, 0.1) is 0 Å². The van der Waals surface area contributed by atoms with Gasteiger partial charge in [0.1, 0.15) is 0 Å². The number of amides is 3. The van der Waals surface area contributed by atoms with E-state index in [4.69, 9.17) is 16.3 Å². The Morgan fingerprint density at radius 3 is 2.32 bits per heavy atom. The number of benzene rings is 3. The summed E-state index contributed by atoms with van der Waals surface area (Å²) in [5.74, 6) is -0.838. The summed E-state index contributed by atoms with van der Waals surface area (Å²) in [5, 5.41) is 5.05. The lowest BCUT2D eigenvalue weighted by atomic mass is 9.94. The van der Waals surface area contributed by atoms with E-state index in [1.165, 1.54) is 4.90 Å². The molecule has 2 aliphatic heterocycles. The van der Waals surface area contributed by atoms with Crippen LogP contribution in [0.4, 0.5) is 11.4 Å². The largest absolute Gasteiger partial charge is 0.378 e. The summed E-state index contributed by atoms with van der Waals surface area (Å²) in [6, 6.07) is 16.3. The smallest absolute Gasteiger partial charge is 0.261 e. The average molecular weight is 478 g/mol. The lowest BCUT2D eigenvalue weighted by Gasteiger charge is -2.30. The molecule has 3 amide bonds. The zero-order valence-electron chi connectivity index (χ0n) is 18.6. The molecule has 1 saturated heterocycles. The van der Waals surface area contributed by atoms with Crippen molar-refractivity contribution in [2.75, 3.05) is 43.1 Å². The van der Waals surface area contributed by atoms with Crippen molar-refractivity contribution in [3.8, 4) is 0 Å². The molecule has 8 heteroatoms. The summed E-state index contributed by atoms with van der Waals surface area (Å²) in [4.78, 5) is 42.1. The predicted molar refractivity (Wildman–Crippen MR) is 132 cm³/mol. The van der Waals surface area contributed by atoms with E-state index in [2.05, 4.69) is 10.2 Å². The van der Waals surface area contributed by atoms with Crippen LogP contribution in [0.2, 0.25) is 5.02 Å². The van der Waals surface area contributed by atoms with E-state index in [0.717, 1.165) is 24.2 Å². The second kappa shape index (κ2) is 9.44. The van der Waals surface area contributed by atoms with E-state index in [9.17, 15) is 14.4 Å². The van der Waals surface area contributed by atoms with Crippen LogP contribution in [-0.4, -0.2) is 55.5 Å². The molecule has 0 radical (unpaired) electrons. The van der Waals surface area contributed by atoms with Gasteiger partial charge in [-0.2, -0.15) is 0 Å². The molecule has 2 heterocycles. The lowest BCUT2D eigenvalue weighted by Crippen LogP contribution is -2.41. The zero-order chi connectivity index (χ0) is 23.7. The van der Waals surface area contributed by atoms with Gasteiger partial charge in [-0.25, -0.2) is 0 Å². The molecule has 0 aliphatic carbocycles. The van der Waals surface area contributed by atoms with Crippen molar-refractivity contribution < 1.29 is 19.1 Å². The fourth-order valence-electron chi connectivity index (χ4n) is 4.58. The Balaban J connectivity index is 1.25. The van der Waals surface area contributed by atoms with Gasteiger partial charge in [-0.1, -0.05) is 35.9 Å². The van der Waals surface area contributed by atoms with Gasteiger partial charge in [0.05, 0.1) is 24.6 Å². The average Bonchev–Trinajstić information content (AvgIpc) is 2.85. The first kappa shape index (κ1) is 22.4. The van der Waals surface area contributed by atoms with E-state index in [1.54, 1.807) is 24.3 Å². The molecule has 1 N–H and O–H groups in total. The molecular formula is C26H24ClN3O4. The number of carbonyl (C=O) groups is 3. The maximum absolute atomic E-state index is 13.0. The van der Waals surface area contributed by atoms with Crippen LogP contribution in [0.15, 0.2) is 54.6 Å². The molecular weight excluding hydrogens is 454 g/mol. The number of hydrogen-bond donors (Lipinski definition) is 1. The molecule has 34 heavy (non-hydrogen) atoms. The van der Waals surface area contributed by atoms with Gasteiger partial charge in [-0.3, -0.25) is 19.3 Å². The van der Waals surface area contributed by atoms with E-state index < -0.39 is 0 Å². The van der Waals surface area contributed by atoms with Gasteiger partial charge in [0.25, 0.3) is 11.8 Å². The Kier molecular flexibility index (Phi) is 6.22. The Morgan fingerprint density at radius 2 is 1.65 bits per heavy atom. The molecule has 7 nitrogen and oxygen atoms in total. The Labute approximate surface area is 202 Å². The van der Waals surface area contributed by atoms with Crippen molar-refractivity contribution >= 4 is 51.5 Å². The normalized spacial score (nSPS) is 15.7. The van der Waals surface area contributed by atoms with E-state index in [1.807, 2.05) is 30.3 Å². The quantitative estimate of drug-likeness (QED) is 0.534. The molecule has 3 aromatic carbocycles. The van der Waals surface area contributed by atoms with Crippen LogP contribution >= 0.6 is 11.6 Å². The van der Waals surface area contributed by atoms with Crippen LogP contribution in [0.1, 0.15) is 33.6 Å². The maximum atomic E-state index is 13.0. The number of halogens is 1. The first-order valence-corrected chi connectivity index (χ1v) is 11.7. The van der Waals surface area contributed by atoms with Crippen molar-refractivity contribution in [2.24, 2.45) is 0 Å². The second-order valence-corrected chi connectivity index (χ2v) is 8.82. The fourth-order valence-corrected chi connectivity index (χ4v) is 4.75. The molecule has 3 aromatic rings.